The van der Waals surface area contributed by atoms with Gasteiger partial charge >= 0.3 is 30.1 Å². The van der Waals surface area contributed by atoms with Gasteiger partial charge in [0, 0.05) is 46.5 Å². The van der Waals surface area contributed by atoms with Gasteiger partial charge in [0.15, 0.2) is 0 Å². The summed E-state index contributed by atoms with van der Waals surface area (Å²) in [4.78, 5) is 46.5. The van der Waals surface area contributed by atoms with E-state index in [2.05, 4.69) is 12.1 Å². The topological polar surface area (TPSA) is 124 Å². The number of benzene rings is 9. The molecule has 0 bridgehead atoms. The molecule has 5 aliphatic rings. The average Bonchev–Trinajstić information content (AvgIpc) is 0.906. The van der Waals surface area contributed by atoms with Gasteiger partial charge in [0.05, 0.1) is 35.3 Å². The number of esters is 4. The minimum absolute atomic E-state index is 0.00811. The molecule has 5 aliphatic carbocycles. The zero-order chi connectivity index (χ0) is 68.9. The Balaban J connectivity index is 0.000000133. The largest absolute Gasteiger partial charge is 0.491 e. The Bertz CT molecular complexity index is 4210. The van der Waals surface area contributed by atoms with Gasteiger partial charge < -0.3 is 28.4 Å². The fourth-order valence-electron chi connectivity index (χ4n) is 10.9. The lowest BCUT2D eigenvalue weighted by atomic mass is 9.84. The summed E-state index contributed by atoms with van der Waals surface area (Å²) in [6.45, 7) is 4.39. The normalized spacial score (nSPS) is 15.0. The summed E-state index contributed by atoms with van der Waals surface area (Å²) >= 11 is 0. The minimum Gasteiger partial charge on any atom is -0.491 e. The van der Waals surface area contributed by atoms with Crippen LogP contribution in [0.15, 0.2) is 200 Å². The summed E-state index contributed by atoms with van der Waals surface area (Å²) in [5, 5.41) is 0. The summed E-state index contributed by atoms with van der Waals surface area (Å²) in [7, 11) is 0. The Labute approximate surface area is 564 Å². The van der Waals surface area contributed by atoms with Crippen molar-refractivity contribution in [3.63, 3.8) is 0 Å². The Kier molecular flexibility index (Phi) is 22.6. The Hall–Kier alpha value is -10.0. The third kappa shape index (κ3) is 19.8. The SMILES string of the molecule is CC(C)Oc1ccc(-c2ccc(OC(=O)C3CC3)cc2F)cc1.O=C(Oc1ccc(-c2ccc(C(F)(F)F)cc2)c(F)c1)C1CC1.O=C(Oc1ccc(-c2ccc(C3CCCCC3)cc2)c(F)c1)C1CC1.O=C(Oc1ccc(-c2ccc(OCc3ccccc3)cc2)c(F)c1)C1CC1. The highest BCUT2D eigenvalue weighted by Crippen LogP contribution is 2.39. The molecule has 0 aliphatic heterocycles. The van der Waals surface area contributed by atoms with E-state index < -0.39 is 29.2 Å². The highest BCUT2D eigenvalue weighted by atomic mass is 19.4. The van der Waals surface area contributed by atoms with Gasteiger partial charge in [-0.3, -0.25) is 19.2 Å². The van der Waals surface area contributed by atoms with Crippen molar-refractivity contribution in [2.24, 2.45) is 23.7 Å². The zero-order valence-electron chi connectivity index (χ0n) is 54.1. The minimum atomic E-state index is -4.43. The highest BCUT2D eigenvalue weighted by Gasteiger charge is 2.35. The van der Waals surface area contributed by atoms with Crippen molar-refractivity contribution in [1.82, 2.24) is 0 Å². The highest BCUT2D eigenvalue weighted by molar-refractivity contribution is 5.80. The fourth-order valence-corrected chi connectivity index (χ4v) is 10.9. The second-order valence-corrected chi connectivity index (χ2v) is 25.4. The monoisotopic (exact) mass is 1340 g/mol. The number of ether oxygens (including phenoxy) is 6. The molecule has 0 heterocycles. The summed E-state index contributed by atoms with van der Waals surface area (Å²) in [5.74, 6) is -0.148. The van der Waals surface area contributed by atoms with Gasteiger partial charge in [-0.15, -0.1) is 0 Å². The predicted molar refractivity (Wildman–Crippen MR) is 358 cm³/mol. The van der Waals surface area contributed by atoms with Crippen molar-refractivity contribution in [3.8, 4) is 79.0 Å². The molecule has 0 aromatic heterocycles. The van der Waals surface area contributed by atoms with Crippen LogP contribution in [0.1, 0.15) is 120 Å². The molecule has 0 atom stereocenters. The Morgan fingerprint density at radius 1 is 0.378 bits per heavy atom. The standard InChI is InChI=1S/C23H19FO3.C22H23FO2.C19H19FO3.C17H12F4O2/c24-22-14-20(27-23(25)18-6-7-18)12-13-21(22)17-8-10-19(11-9-17)26-15-16-4-2-1-3-5-16;23-21-14-19(25-22(24)18-10-11-18)12-13-20(21)17-8-6-16(7-9-17)15-4-2-1-3-5-15;1-12(2)22-15-7-5-13(6-8-15)17-10-9-16(11-18(17)20)23-19(21)14-3-4-14;18-15-9-13(23-16(22)11-1-2-11)7-8-14(15)10-3-5-12(6-4-10)17(19,20)21/h1-5,8-14,18H,6-7,15H2;6-9,12-15,18H,1-5,10-11H2;5-12,14H,3-4H2,1-2H3;3-9,11H,1-2H2. The molecule has 10 nitrogen and oxygen atoms in total. The molecule has 14 rings (SSSR count). The third-order valence-electron chi connectivity index (χ3n) is 17.1. The molecule has 9 aromatic carbocycles. The van der Waals surface area contributed by atoms with Gasteiger partial charge in [-0.25, -0.2) is 17.6 Å². The summed E-state index contributed by atoms with van der Waals surface area (Å²) in [6.07, 6.45) is 8.92. The number of rotatable bonds is 18. The van der Waals surface area contributed by atoms with Crippen molar-refractivity contribution in [1.29, 1.82) is 0 Å². The van der Waals surface area contributed by atoms with Crippen LogP contribution in [0.3, 0.4) is 0 Å². The van der Waals surface area contributed by atoms with Crippen LogP contribution >= 0.6 is 0 Å². The lowest BCUT2D eigenvalue weighted by Gasteiger charge is -2.22. The van der Waals surface area contributed by atoms with Gasteiger partial charge in [0.2, 0.25) is 0 Å². The molecule has 0 saturated heterocycles. The molecular weight excluding hydrogens is 1270 g/mol. The van der Waals surface area contributed by atoms with E-state index in [0.29, 0.717) is 34.8 Å². The Morgan fingerprint density at radius 3 is 1.01 bits per heavy atom. The van der Waals surface area contributed by atoms with Crippen molar-refractivity contribution in [2.75, 3.05) is 0 Å². The van der Waals surface area contributed by atoms with E-state index >= 15 is 0 Å². The molecule has 5 saturated carbocycles. The molecular formula is C81H73F7O10. The summed E-state index contributed by atoms with van der Waals surface area (Å²) in [5.41, 5.74) is 5.92. The van der Waals surface area contributed by atoms with Gasteiger partial charge in [-0.2, -0.15) is 13.2 Å². The molecule has 506 valence electrons. The summed E-state index contributed by atoms with van der Waals surface area (Å²) < 4.78 is 127. The average molecular weight is 1340 g/mol. The number of hydrogen-bond donors (Lipinski definition) is 0. The van der Waals surface area contributed by atoms with E-state index in [1.54, 1.807) is 36.4 Å². The molecule has 0 unspecified atom stereocenters. The fraction of sp³-hybridized carbons (Fsp3) is 0.284. The van der Waals surface area contributed by atoms with E-state index in [0.717, 1.165) is 103 Å². The van der Waals surface area contributed by atoms with Gasteiger partial charge in [-0.1, -0.05) is 110 Å². The molecule has 0 amide bonds. The second-order valence-electron chi connectivity index (χ2n) is 25.4. The number of carbonyl (C=O) groups excluding carboxylic acids is 4. The lowest BCUT2D eigenvalue weighted by molar-refractivity contribution is -0.138. The molecule has 98 heavy (non-hydrogen) atoms. The molecule has 17 heteroatoms. The number of hydrogen-bond acceptors (Lipinski definition) is 10. The van der Waals surface area contributed by atoms with Crippen LogP contribution in [-0.2, 0) is 32.0 Å². The van der Waals surface area contributed by atoms with E-state index in [1.165, 1.54) is 80.1 Å². The quantitative estimate of drug-likeness (QED) is 0.0466. The van der Waals surface area contributed by atoms with Gasteiger partial charge in [0.25, 0.3) is 0 Å². The van der Waals surface area contributed by atoms with E-state index in [9.17, 15) is 49.9 Å². The van der Waals surface area contributed by atoms with Gasteiger partial charge in [0.1, 0.15) is 64.4 Å². The maximum absolute atomic E-state index is 14.5. The van der Waals surface area contributed by atoms with Crippen molar-refractivity contribution in [3.05, 3.63) is 240 Å². The first-order valence-electron chi connectivity index (χ1n) is 33.1. The molecule has 0 N–H and O–H groups in total. The number of halogens is 7. The molecule has 9 aromatic rings. The maximum atomic E-state index is 14.5. The van der Waals surface area contributed by atoms with Crippen LogP contribution in [0.5, 0.6) is 34.5 Å². The first kappa shape index (κ1) is 69.3. The van der Waals surface area contributed by atoms with Crippen LogP contribution in [0.2, 0.25) is 0 Å². The van der Waals surface area contributed by atoms with E-state index in [1.807, 2.05) is 105 Å². The smallest absolute Gasteiger partial charge is 0.416 e. The second kappa shape index (κ2) is 31.9. The van der Waals surface area contributed by atoms with Crippen LogP contribution in [-0.4, -0.2) is 30.0 Å². The van der Waals surface area contributed by atoms with E-state index in [-0.39, 0.29) is 88.0 Å². The van der Waals surface area contributed by atoms with Gasteiger partial charge in [-0.05, 0) is 202 Å². The first-order chi connectivity index (χ1) is 47.3. The van der Waals surface area contributed by atoms with Crippen LogP contribution in [0, 0.1) is 46.9 Å². The Morgan fingerprint density at radius 2 is 0.694 bits per heavy atom. The van der Waals surface area contributed by atoms with E-state index in [4.69, 9.17) is 28.4 Å². The molecule has 5 fully saturated rings. The van der Waals surface area contributed by atoms with Crippen LogP contribution < -0.4 is 28.4 Å². The van der Waals surface area contributed by atoms with Crippen molar-refractivity contribution in [2.45, 2.75) is 122 Å². The molecule has 0 radical (unpaired) electrons. The first-order valence-corrected chi connectivity index (χ1v) is 33.1. The van der Waals surface area contributed by atoms with Crippen molar-refractivity contribution >= 4 is 23.9 Å². The summed E-state index contributed by atoms with van der Waals surface area (Å²) in [6, 6.07) is 54.5. The van der Waals surface area contributed by atoms with Crippen LogP contribution in [0.25, 0.3) is 44.5 Å². The van der Waals surface area contributed by atoms with Crippen LogP contribution in [0.4, 0.5) is 30.7 Å². The maximum Gasteiger partial charge on any atom is 0.416 e. The lowest BCUT2D eigenvalue weighted by Crippen LogP contribution is -2.09. The number of alkyl halides is 3. The number of carbonyl (C=O) groups is 4. The molecule has 0 spiro atoms. The third-order valence-corrected chi connectivity index (χ3v) is 17.1. The van der Waals surface area contributed by atoms with Crippen molar-refractivity contribution < 1.29 is 78.3 Å². The zero-order valence-corrected chi connectivity index (χ0v) is 54.1. The predicted octanol–water partition coefficient (Wildman–Crippen LogP) is 20.7.